The maximum absolute atomic E-state index is 5.93. The Morgan fingerprint density at radius 3 is 2.80 bits per heavy atom. The SMILES string of the molecule is COCCCNc1nccn1C(C)c1ccc(Cl)cc1. The molecule has 0 spiro atoms. The van der Waals surface area contributed by atoms with Crippen LogP contribution in [-0.2, 0) is 4.74 Å². The highest BCUT2D eigenvalue weighted by atomic mass is 35.5. The zero-order valence-corrected chi connectivity index (χ0v) is 12.6. The molecule has 5 heteroatoms. The van der Waals surface area contributed by atoms with E-state index in [0.717, 1.165) is 30.5 Å². The average Bonchev–Trinajstić information content (AvgIpc) is 2.92. The minimum absolute atomic E-state index is 0.208. The van der Waals surface area contributed by atoms with Crippen LogP contribution in [0.25, 0.3) is 0 Å². The minimum atomic E-state index is 0.208. The summed E-state index contributed by atoms with van der Waals surface area (Å²) in [5, 5.41) is 4.09. The predicted molar refractivity (Wildman–Crippen MR) is 82.5 cm³/mol. The molecule has 1 aromatic heterocycles. The van der Waals surface area contributed by atoms with Crippen LogP contribution in [0.1, 0.15) is 24.9 Å². The topological polar surface area (TPSA) is 39.1 Å². The van der Waals surface area contributed by atoms with Crippen molar-refractivity contribution in [1.29, 1.82) is 0 Å². The van der Waals surface area contributed by atoms with Gasteiger partial charge in [-0.25, -0.2) is 4.98 Å². The number of hydrogen-bond donors (Lipinski definition) is 1. The number of ether oxygens (including phenoxy) is 1. The Balaban J connectivity index is 2.04. The first-order valence-corrected chi connectivity index (χ1v) is 7.11. The van der Waals surface area contributed by atoms with Gasteiger partial charge in [-0.3, -0.25) is 0 Å². The van der Waals surface area contributed by atoms with E-state index in [1.807, 2.05) is 36.7 Å². The third-order valence-corrected chi connectivity index (χ3v) is 3.50. The van der Waals surface area contributed by atoms with Gasteiger partial charge in [0.2, 0.25) is 5.95 Å². The van der Waals surface area contributed by atoms with Crippen molar-refractivity contribution in [2.24, 2.45) is 0 Å². The first kappa shape index (κ1) is 14.9. The van der Waals surface area contributed by atoms with Gasteiger partial charge in [0.15, 0.2) is 0 Å². The van der Waals surface area contributed by atoms with Crippen LogP contribution in [0.5, 0.6) is 0 Å². The molecule has 0 fully saturated rings. The fourth-order valence-electron chi connectivity index (χ4n) is 2.08. The van der Waals surface area contributed by atoms with Crippen LogP contribution in [0.4, 0.5) is 5.95 Å². The van der Waals surface area contributed by atoms with Crippen LogP contribution in [0.2, 0.25) is 5.02 Å². The summed E-state index contributed by atoms with van der Waals surface area (Å²) in [5.41, 5.74) is 1.20. The number of rotatable bonds is 7. The maximum Gasteiger partial charge on any atom is 0.203 e. The number of nitrogens with one attached hydrogen (secondary N) is 1. The quantitative estimate of drug-likeness (QED) is 0.793. The number of methoxy groups -OCH3 is 1. The summed E-state index contributed by atoms with van der Waals surface area (Å²) in [6, 6.07) is 8.12. The number of hydrogen-bond acceptors (Lipinski definition) is 3. The fraction of sp³-hybridized carbons (Fsp3) is 0.400. The lowest BCUT2D eigenvalue weighted by Crippen LogP contribution is -2.13. The van der Waals surface area contributed by atoms with Crippen LogP contribution in [0.15, 0.2) is 36.7 Å². The van der Waals surface area contributed by atoms with Crippen LogP contribution >= 0.6 is 11.6 Å². The fourth-order valence-corrected chi connectivity index (χ4v) is 2.21. The molecule has 0 saturated carbocycles. The summed E-state index contributed by atoms with van der Waals surface area (Å²) >= 11 is 5.93. The van der Waals surface area contributed by atoms with Gasteiger partial charge in [-0.15, -0.1) is 0 Å². The third kappa shape index (κ3) is 3.74. The monoisotopic (exact) mass is 293 g/mol. The summed E-state index contributed by atoms with van der Waals surface area (Å²) in [7, 11) is 1.71. The predicted octanol–water partition coefficient (Wildman–Crippen LogP) is 3.59. The Kier molecular flexibility index (Phi) is 5.44. The second-order valence-electron chi connectivity index (χ2n) is 4.66. The molecule has 1 N–H and O–H groups in total. The highest BCUT2D eigenvalue weighted by Crippen LogP contribution is 2.23. The summed E-state index contributed by atoms with van der Waals surface area (Å²) in [4.78, 5) is 4.36. The van der Waals surface area contributed by atoms with Crippen molar-refractivity contribution in [3.05, 3.63) is 47.2 Å². The first-order chi connectivity index (χ1) is 9.72. The van der Waals surface area contributed by atoms with Crippen molar-refractivity contribution in [3.8, 4) is 0 Å². The van der Waals surface area contributed by atoms with Gasteiger partial charge in [-0.2, -0.15) is 0 Å². The lowest BCUT2D eigenvalue weighted by molar-refractivity contribution is 0.197. The smallest absolute Gasteiger partial charge is 0.203 e. The second kappa shape index (κ2) is 7.31. The van der Waals surface area contributed by atoms with Gasteiger partial charge in [-0.05, 0) is 31.0 Å². The average molecular weight is 294 g/mol. The molecule has 0 radical (unpaired) electrons. The zero-order chi connectivity index (χ0) is 14.4. The highest BCUT2D eigenvalue weighted by Gasteiger charge is 2.11. The number of nitrogens with zero attached hydrogens (tertiary/aromatic N) is 2. The van der Waals surface area contributed by atoms with Crippen LogP contribution in [-0.4, -0.2) is 29.8 Å². The van der Waals surface area contributed by atoms with Crippen molar-refractivity contribution < 1.29 is 4.74 Å². The molecule has 1 atom stereocenters. The zero-order valence-electron chi connectivity index (χ0n) is 11.8. The van der Waals surface area contributed by atoms with E-state index in [-0.39, 0.29) is 6.04 Å². The Morgan fingerprint density at radius 1 is 1.35 bits per heavy atom. The Labute approximate surface area is 124 Å². The van der Waals surface area contributed by atoms with Gasteiger partial charge in [0.1, 0.15) is 0 Å². The normalized spacial score (nSPS) is 12.3. The minimum Gasteiger partial charge on any atom is -0.385 e. The summed E-state index contributed by atoms with van der Waals surface area (Å²) in [6.07, 6.45) is 4.75. The van der Waals surface area contributed by atoms with Crippen molar-refractivity contribution in [3.63, 3.8) is 0 Å². The number of anilines is 1. The molecule has 0 amide bonds. The second-order valence-corrected chi connectivity index (χ2v) is 5.10. The van der Waals surface area contributed by atoms with Gasteiger partial charge >= 0.3 is 0 Å². The Bertz CT molecular complexity index is 524. The third-order valence-electron chi connectivity index (χ3n) is 3.25. The molecule has 108 valence electrons. The molecule has 2 aromatic rings. The van der Waals surface area contributed by atoms with E-state index >= 15 is 0 Å². The van der Waals surface area contributed by atoms with Gasteiger partial charge < -0.3 is 14.6 Å². The van der Waals surface area contributed by atoms with E-state index in [0.29, 0.717) is 0 Å². The standard InChI is InChI=1S/C15H20ClN3O/c1-12(13-4-6-14(16)7-5-13)19-10-9-18-15(19)17-8-3-11-20-2/h4-7,9-10,12H,3,8,11H2,1-2H3,(H,17,18). The van der Waals surface area contributed by atoms with Crippen molar-refractivity contribution in [2.75, 3.05) is 25.6 Å². The van der Waals surface area contributed by atoms with E-state index in [1.54, 1.807) is 7.11 Å². The largest absolute Gasteiger partial charge is 0.385 e. The van der Waals surface area contributed by atoms with Crippen molar-refractivity contribution in [2.45, 2.75) is 19.4 Å². The van der Waals surface area contributed by atoms with Gasteiger partial charge in [0.05, 0.1) is 6.04 Å². The van der Waals surface area contributed by atoms with Crippen LogP contribution in [0.3, 0.4) is 0 Å². The van der Waals surface area contributed by atoms with E-state index in [4.69, 9.17) is 16.3 Å². The Hall–Kier alpha value is -1.52. The highest BCUT2D eigenvalue weighted by molar-refractivity contribution is 6.30. The molecule has 20 heavy (non-hydrogen) atoms. The molecular weight excluding hydrogens is 274 g/mol. The van der Waals surface area contributed by atoms with Gasteiger partial charge in [-0.1, -0.05) is 23.7 Å². The molecule has 4 nitrogen and oxygen atoms in total. The van der Waals surface area contributed by atoms with Gasteiger partial charge in [0.25, 0.3) is 0 Å². The lowest BCUT2D eigenvalue weighted by Gasteiger charge is -2.17. The van der Waals surface area contributed by atoms with Crippen molar-refractivity contribution >= 4 is 17.5 Å². The molecule has 0 bridgehead atoms. The lowest BCUT2D eigenvalue weighted by atomic mass is 10.1. The molecule has 0 aliphatic rings. The molecule has 0 aliphatic heterocycles. The van der Waals surface area contributed by atoms with Gasteiger partial charge in [0, 0.05) is 37.7 Å². The molecule has 1 heterocycles. The van der Waals surface area contributed by atoms with E-state index in [9.17, 15) is 0 Å². The van der Waals surface area contributed by atoms with Crippen LogP contribution < -0.4 is 5.32 Å². The van der Waals surface area contributed by atoms with Crippen LogP contribution in [0, 0.1) is 0 Å². The summed E-state index contributed by atoms with van der Waals surface area (Å²) in [5.74, 6) is 0.878. The molecule has 1 unspecified atom stereocenters. The number of imidazole rings is 1. The van der Waals surface area contributed by atoms with Crippen molar-refractivity contribution in [1.82, 2.24) is 9.55 Å². The number of aromatic nitrogens is 2. The molecule has 0 aliphatic carbocycles. The number of halogens is 1. The molecular formula is C15H20ClN3O. The van der Waals surface area contributed by atoms with E-state index in [2.05, 4.69) is 21.8 Å². The molecule has 0 saturated heterocycles. The summed E-state index contributed by atoms with van der Waals surface area (Å²) in [6.45, 7) is 3.74. The molecule has 2 rings (SSSR count). The maximum atomic E-state index is 5.93. The van der Waals surface area contributed by atoms with E-state index < -0.39 is 0 Å². The Morgan fingerprint density at radius 2 is 2.10 bits per heavy atom. The summed E-state index contributed by atoms with van der Waals surface area (Å²) < 4.78 is 7.16. The molecule has 1 aromatic carbocycles. The van der Waals surface area contributed by atoms with E-state index in [1.165, 1.54) is 5.56 Å². The number of benzene rings is 1. The first-order valence-electron chi connectivity index (χ1n) is 6.73.